The summed E-state index contributed by atoms with van der Waals surface area (Å²) < 4.78 is 38.9. The van der Waals surface area contributed by atoms with Crippen LogP contribution in [0.3, 0.4) is 0 Å². The predicted molar refractivity (Wildman–Crippen MR) is 136 cm³/mol. The Kier molecular flexibility index (Phi) is 7.32. The molecule has 1 spiro atoms. The van der Waals surface area contributed by atoms with Gasteiger partial charge in [0.05, 0.1) is 11.5 Å². The van der Waals surface area contributed by atoms with E-state index in [1.165, 1.54) is 4.90 Å². The lowest BCUT2D eigenvalue weighted by molar-refractivity contribution is -0.142. The molecular formula is C27H27F3N6O4. The van der Waals surface area contributed by atoms with Crippen molar-refractivity contribution >= 4 is 35.1 Å². The summed E-state index contributed by atoms with van der Waals surface area (Å²) in [7, 11) is 0. The Bertz CT molecular complexity index is 1410. The molecule has 4 amide bonds. The maximum atomic E-state index is 13.8. The van der Waals surface area contributed by atoms with Gasteiger partial charge in [-0.05, 0) is 35.6 Å². The van der Waals surface area contributed by atoms with Crippen LogP contribution in [0.25, 0.3) is 0 Å². The zero-order chi connectivity index (χ0) is 29.5. The van der Waals surface area contributed by atoms with E-state index in [0.717, 1.165) is 12.1 Å². The van der Waals surface area contributed by atoms with Crippen LogP contribution in [-0.2, 0) is 30.8 Å². The largest absolute Gasteiger partial charge is 0.433 e. The van der Waals surface area contributed by atoms with E-state index in [0.29, 0.717) is 17.3 Å². The molecule has 10 nitrogen and oxygen atoms in total. The maximum Gasteiger partial charge on any atom is 0.433 e. The molecule has 2 aliphatic heterocycles. The fourth-order valence-electron chi connectivity index (χ4n) is 5.06. The molecule has 3 heterocycles. The lowest BCUT2D eigenvalue weighted by Gasteiger charge is -2.31. The molecule has 0 bridgehead atoms. The van der Waals surface area contributed by atoms with E-state index in [4.69, 9.17) is 0 Å². The molecule has 1 aromatic heterocycles. The second kappa shape index (κ2) is 10.3. The lowest BCUT2D eigenvalue weighted by atomic mass is 9.80. The standard InChI is InChI=1S/C27H27F3N6O4/c1-25(2,3)12-18(32-21(37)22(38)35-20-10-6-9-19(34-20)27(28,29)30)23(39)36-14-26(11-15(36)13-31)16-7-4-5-8-17(16)33-24(26)40/h4-10,15,18H,11-12,14H2,1-3H3,(H,32,37)(H,33,40)(H,34,35,38)/t15-,18-,26-/m0/s1. The van der Waals surface area contributed by atoms with Crippen LogP contribution >= 0.6 is 0 Å². The van der Waals surface area contributed by atoms with Crippen molar-refractivity contribution in [1.29, 1.82) is 5.26 Å². The number of benzene rings is 1. The molecule has 1 aromatic carbocycles. The third kappa shape index (κ3) is 5.61. The van der Waals surface area contributed by atoms with Gasteiger partial charge in [0.2, 0.25) is 11.8 Å². The van der Waals surface area contributed by atoms with Crippen molar-refractivity contribution in [1.82, 2.24) is 15.2 Å². The summed E-state index contributed by atoms with van der Waals surface area (Å²) >= 11 is 0. The summed E-state index contributed by atoms with van der Waals surface area (Å²) in [4.78, 5) is 56.7. The number of amides is 4. The smallest absolute Gasteiger partial charge is 0.336 e. The van der Waals surface area contributed by atoms with Crippen molar-refractivity contribution < 1.29 is 32.3 Å². The van der Waals surface area contributed by atoms with Crippen LogP contribution in [-0.4, -0.2) is 52.1 Å². The molecule has 0 unspecified atom stereocenters. The van der Waals surface area contributed by atoms with E-state index in [2.05, 4.69) is 21.7 Å². The Morgan fingerprint density at radius 2 is 1.85 bits per heavy atom. The molecule has 13 heteroatoms. The average Bonchev–Trinajstić information content (AvgIpc) is 3.40. The SMILES string of the molecule is CC(C)(C)C[C@H](NC(=O)C(=O)Nc1cccc(C(F)(F)F)n1)C(=O)N1C[C@]2(C[C@H]1C#N)C(=O)Nc1ccccc12. The number of aromatic nitrogens is 1. The Morgan fingerprint density at radius 1 is 1.15 bits per heavy atom. The fraction of sp³-hybridized carbons (Fsp3) is 0.407. The normalized spacial score (nSPS) is 20.9. The number of carbonyl (C=O) groups is 4. The molecule has 0 saturated carbocycles. The molecule has 40 heavy (non-hydrogen) atoms. The van der Waals surface area contributed by atoms with Gasteiger partial charge >= 0.3 is 18.0 Å². The molecule has 4 rings (SSSR count). The first kappa shape index (κ1) is 28.5. The van der Waals surface area contributed by atoms with Crippen LogP contribution in [0.4, 0.5) is 24.7 Å². The summed E-state index contributed by atoms with van der Waals surface area (Å²) in [6, 6.07) is 9.66. The maximum absolute atomic E-state index is 13.8. The van der Waals surface area contributed by atoms with Crippen molar-refractivity contribution in [3.8, 4) is 6.07 Å². The van der Waals surface area contributed by atoms with Crippen molar-refractivity contribution in [2.45, 2.75) is 57.3 Å². The van der Waals surface area contributed by atoms with Crippen LogP contribution in [0.2, 0.25) is 0 Å². The highest BCUT2D eigenvalue weighted by molar-refractivity contribution is 6.39. The summed E-state index contributed by atoms with van der Waals surface area (Å²) in [6.45, 7) is 5.31. The summed E-state index contributed by atoms with van der Waals surface area (Å²) in [6.07, 6.45) is -4.64. The molecule has 1 saturated heterocycles. The molecule has 2 aliphatic rings. The van der Waals surface area contributed by atoms with Gasteiger partial charge in [0.1, 0.15) is 23.6 Å². The molecule has 0 radical (unpaired) electrons. The van der Waals surface area contributed by atoms with Gasteiger partial charge in [0, 0.05) is 18.7 Å². The van der Waals surface area contributed by atoms with E-state index < -0.39 is 58.3 Å². The number of fused-ring (bicyclic) bond motifs is 2. The van der Waals surface area contributed by atoms with Gasteiger partial charge in [-0.3, -0.25) is 19.2 Å². The van der Waals surface area contributed by atoms with E-state index in [9.17, 15) is 37.6 Å². The van der Waals surface area contributed by atoms with Crippen molar-refractivity contribution in [2.24, 2.45) is 5.41 Å². The first-order valence-electron chi connectivity index (χ1n) is 12.4. The number of nitriles is 1. The number of hydrogen-bond donors (Lipinski definition) is 3. The minimum atomic E-state index is -4.76. The number of alkyl halides is 3. The summed E-state index contributed by atoms with van der Waals surface area (Å²) in [5.74, 6) is -4.08. The van der Waals surface area contributed by atoms with Gasteiger partial charge in [-0.25, -0.2) is 4.98 Å². The number of hydrogen-bond acceptors (Lipinski definition) is 6. The molecule has 1 fully saturated rings. The van der Waals surface area contributed by atoms with Crippen molar-refractivity contribution in [3.05, 3.63) is 53.7 Å². The number of para-hydroxylation sites is 1. The van der Waals surface area contributed by atoms with Gasteiger partial charge in [0.15, 0.2) is 0 Å². The lowest BCUT2D eigenvalue weighted by Crippen LogP contribution is -2.53. The average molecular weight is 557 g/mol. The second-order valence-corrected chi connectivity index (χ2v) is 11.0. The van der Waals surface area contributed by atoms with E-state index in [1.807, 2.05) is 5.32 Å². The van der Waals surface area contributed by atoms with Crippen LogP contribution in [0.15, 0.2) is 42.5 Å². The van der Waals surface area contributed by atoms with Gasteiger partial charge in [-0.1, -0.05) is 45.0 Å². The van der Waals surface area contributed by atoms with E-state index in [-0.39, 0.29) is 25.3 Å². The molecule has 210 valence electrons. The Balaban J connectivity index is 1.55. The molecular weight excluding hydrogens is 529 g/mol. The zero-order valence-electron chi connectivity index (χ0n) is 21.9. The molecule has 2 aromatic rings. The number of likely N-dealkylation sites (tertiary alicyclic amines) is 1. The molecule has 0 aliphatic carbocycles. The fourth-order valence-corrected chi connectivity index (χ4v) is 5.06. The monoisotopic (exact) mass is 556 g/mol. The molecule has 3 atom stereocenters. The Morgan fingerprint density at radius 3 is 2.50 bits per heavy atom. The van der Waals surface area contributed by atoms with E-state index >= 15 is 0 Å². The number of nitrogens with one attached hydrogen (secondary N) is 3. The van der Waals surface area contributed by atoms with Crippen LogP contribution < -0.4 is 16.0 Å². The minimum absolute atomic E-state index is 0.0516. The Labute approximate surface area is 227 Å². The number of anilines is 2. The molecule has 3 N–H and O–H groups in total. The van der Waals surface area contributed by atoms with Gasteiger partial charge < -0.3 is 20.9 Å². The third-order valence-corrected chi connectivity index (χ3v) is 6.82. The zero-order valence-corrected chi connectivity index (χ0v) is 21.9. The van der Waals surface area contributed by atoms with Gasteiger partial charge in [-0.15, -0.1) is 0 Å². The number of nitrogens with zero attached hydrogens (tertiary/aromatic N) is 3. The van der Waals surface area contributed by atoms with Gasteiger partial charge in [-0.2, -0.15) is 18.4 Å². The highest BCUT2D eigenvalue weighted by Gasteiger charge is 2.56. The quantitative estimate of drug-likeness (QED) is 0.494. The highest BCUT2D eigenvalue weighted by Crippen LogP contribution is 2.46. The number of pyridine rings is 1. The van der Waals surface area contributed by atoms with Gasteiger partial charge in [0.25, 0.3) is 0 Å². The van der Waals surface area contributed by atoms with Crippen molar-refractivity contribution in [3.63, 3.8) is 0 Å². The summed E-state index contributed by atoms with van der Waals surface area (Å²) in [5.41, 5.74) is -1.66. The number of carbonyl (C=O) groups excluding carboxylic acids is 4. The van der Waals surface area contributed by atoms with E-state index in [1.54, 1.807) is 45.0 Å². The summed E-state index contributed by atoms with van der Waals surface area (Å²) in [5, 5.41) is 17.1. The first-order chi connectivity index (χ1) is 18.6. The first-order valence-corrected chi connectivity index (χ1v) is 12.4. The van der Waals surface area contributed by atoms with Crippen molar-refractivity contribution in [2.75, 3.05) is 17.2 Å². The second-order valence-electron chi connectivity index (χ2n) is 11.0. The predicted octanol–water partition coefficient (Wildman–Crippen LogP) is 2.97. The highest BCUT2D eigenvalue weighted by atomic mass is 19.4. The minimum Gasteiger partial charge on any atom is -0.336 e. The third-order valence-electron chi connectivity index (χ3n) is 6.82. The van der Waals surface area contributed by atoms with Crippen LogP contribution in [0.1, 0.15) is 44.9 Å². The Hall–Kier alpha value is -4.47. The topological polar surface area (TPSA) is 144 Å². The van der Waals surface area contributed by atoms with Crippen LogP contribution in [0, 0.1) is 16.7 Å². The number of rotatable bonds is 4. The number of halogens is 3. The van der Waals surface area contributed by atoms with Crippen LogP contribution in [0.5, 0.6) is 0 Å².